The van der Waals surface area contributed by atoms with E-state index in [9.17, 15) is 19.7 Å². The number of hydrogen-bond acceptors (Lipinski definition) is 5. The fraction of sp³-hybridized carbons (Fsp3) is 0.300. The SMILES string of the molecule is CCN(CC)C(=O)[C@H](OC(=O)c1ccc([N+](=O)[O-])c(C)c1)c1ccccc1. The molecule has 0 bridgehead atoms. The van der Waals surface area contributed by atoms with Crippen molar-refractivity contribution in [1.82, 2.24) is 4.90 Å². The van der Waals surface area contributed by atoms with Crippen molar-refractivity contribution in [3.05, 3.63) is 75.3 Å². The zero-order valence-corrected chi connectivity index (χ0v) is 15.5. The minimum atomic E-state index is -1.07. The summed E-state index contributed by atoms with van der Waals surface area (Å²) >= 11 is 0. The molecule has 7 heteroatoms. The van der Waals surface area contributed by atoms with Gasteiger partial charge in [0.25, 0.3) is 11.6 Å². The maximum absolute atomic E-state index is 12.8. The number of esters is 1. The standard InChI is InChI=1S/C20H22N2O5/c1-4-21(5-2)19(23)18(15-9-7-6-8-10-15)27-20(24)16-11-12-17(22(25)26)14(3)13-16/h6-13,18H,4-5H2,1-3H3/t18-/m1/s1. The number of nitrogens with zero attached hydrogens (tertiary/aromatic N) is 2. The van der Waals surface area contributed by atoms with Gasteiger partial charge in [0.1, 0.15) is 0 Å². The number of carbonyl (C=O) groups excluding carboxylic acids is 2. The number of benzene rings is 2. The first kappa shape index (κ1) is 20.1. The molecule has 0 saturated heterocycles. The quantitative estimate of drug-likeness (QED) is 0.421. The van der Waals surface area contributed by atoms with Crippen LogP contribution in [0.2, 0.25) is 0 Å². The van der Waals surface area contributed by atoms with Gasteiger partial charge in [-0.25, -0.2) is 4.79 Å². The molecule has 0 aliphatic rings. The highest BCUT2D eigenvalue weighted by molar-refractivity contribution is 5.93. The number of carbonyl (C=O) groups is 2. The molecule has 2 rings (SSSR count). The lowest BCUT2D eigenvalue weighted by Crippen LogP contribution is -2.36. The maximum atomic E-state index is 12.8. The second-order valence-electron chi connectivity index (χ2n) is 5.96. The van der Waals surface area contributed by atoms with E-state index in [0.29, 0.717) is 24.2 Å². The third-order valence-corrected chi connectivity index (χ3v) is 4.26. The molecule has 0 saturated carbocycles. The van der Waals surface area contributed by atoms with Gasteiger partial charge >= 0.3 is 5.97 Å². The molecular formula is C20H22N2O5. The number of aryl methyl sites for hydroxylation is 1. The lowest BCUT2D eigenvalue weighted by molar-refractivity contribution is -0.385. The molecule has 2 aromatic carbocycles. The van der Waals surface area contributed by atoms with Crippen LogP contribution in [0.3, 0.4) is 0 Å². The van der Waals surface area contributed by atoms with Crippen molar-refractivity contribution < 1.29 is 19.2 Å². The smallest absolute Gasteiger partial charge is 0.339 e. The van der Waals surface area contributed by atoms with Crippen molar-refractivity contribution in [2.75, 3.05) is 13.1 Å². The number of amides is 1. The van der Waals surface area contributed by atoms with Crippen molar-refractivity contribution in [3.63, 3.8) is 0 Å². The summed E-state index contributed by atoms with van der Waals surface area (Å²) in [4.78, 5) is 37.5. The average molecular weight is 370 g/mol. The zero-order chi connectivity index (χ0) is 20.0. The normalized spacial score (nSPS) is 11.5. The number of rotatable bonds is 7. The summed E-state index contributed by atoms with van der Waals surface area (Å²) in [5, 5.41) is 10.9. The zero-order valence-electron chi connectivity index (χ0n) is 15.5. The predicted molar refractivity (Wildman–Crippen MR) is 100 cm³/mol. The third kappa shape index (κ3) is 4.69. The van der Waals surface area contributed by atoms with Gasteiger partial charge in [-0.15, -0.1) is 0 Å². The van der Waals surface area contributed by atoms with Crippen LogP contribution in [0.1, 0.15) is 41.4 Å². The highest BCUT2D eigenvalue weighted by atomic mass is 16.6. The minimum Gasteiger partial charge on any atom is -0.444 e. The first-order valence-electron chi connectivity index (χ1n) is 8.68. The van der Waals surface area contributed by atoms with Crippen molar-refractivity contribution in [3.8, 4) is 0 Å². The van der Waals surface area contributed by atoms with Gasteiger partial charge in [0.05, 0.1) is 10.5 Å². The Hall–Kier alpha value is -3.22. The van der Waals surface area contributed by atoms with E-state index in [4.69, 9.17) is 4.74 Å². The molecule has 142 valence electrons. The Morgan fingerprint density at radius 1 is 1.11 bits per heavy atom. The van der Waals surface area contributed by atoms with Gasteiger partial charge in [-0.2, -0.15) is 0 Å². The Labute approximate surface area is 157 Å². The van der Waals surface area contributed by atoms with Gasteiger partial charge in [-0.1, -0.05) is 30.3 Å². The fourth-order valence-electron chi connectivity index (χ4n) is 2.75. The van der Waals surface area contributed by atoms with Gasteiger partial charge in [0, 0.05) is 30.3 Å². The summed E-state index contributed by atoms with van der Waals surface area (Å²) in [6.07, 6.45) is -1.07. The molecule has 0 radical (unpaired) electrons. The van der Waals surface area contributed by atoms with Gasteiger partial charge < -0.3 is 9.64 Å². The highest BCUT2D eigenvalue weighted by Crippen LogP contribution is 2.24. The molecule has 27 heavy (non-hydrogen) atoms. The number of hydrogen-bond donors (Lipinski definition) is 0. The molecule has 0 heterocycles. The van der Waals surface area contributed by atoms with E-state index in [2.05, 4.69) is 0 Å². The van der Waals surface area contributed by atoms with Crippen LogP contribution in [0, 0.1) is 17.0 Å². The summed E-state index contributed by atoms with van der Waals surface area (Å²) in [6, 6.07) is 12.8. The molecule has 1 atom stereocenters. The van der Waals surface area contributed by atoms with E-state index >= 15 is 0 Å². The molecule has 1 amide bonds. The topological polar surface area (TPSA) is 89.8 Å². The predicted octanol–water partition coefficient (Wildman–Crippen LogP) is 3.67. The molecule has 0 aliphatic carbocycles. The molecule has 0 fully saturated rings. The van der Waals surface area contributed by atoms with Crippen LogP contribution in [-0.4, -0.2) is 34.8 Å². The van der Waals surface area contributed by atoms with Crippen LogP contribution < -0.4 is 0 Å². The van der Waals surface area contributed by atoms with Crippen molar-refractivity contribution in [2.24, 2.45) is 0 Å². The summed E-state index contributed by atoms with van der Waals surface area (Å²) in [5.74, 6) is -1.01. The average Bonchev–Trinajstić information content (AvgIpc) is 2.67. The van der Waals surface area contributed by atoms with E-state index in [-0.39, 0.29) is 17.2 Å². The Bertz CT molecular complexity index is 832. The number of ether oxygens (including phenoxy) is 1. The van der Waals surface area contributed by atoms with Crippen molar-refractivity contribution in [1.29, 1.82) is 0 Å². The lowest BCUT2D eigenvalue weighted by atomic mass is 10.1. The summed E-state index contributed by atoms with van der Waals surface area (Å²) in [7, 11) is 0. The Kier molecular flexibility index (Phi) is 6.65. The summed E-state index contributed by atoms with van der Waals surface area (Å²) < 4.78 is 5.52. The molecule has 0 N–H and O–H groups in total. The first-order valence-corrected chi connectivity index (χ1v) is 8.68. The Balaban J connectivity index is 2.32. The first-order chi connectivity index (χ1) is 12.9. The van der Waals surface area contributed by atoms with Crippen LogP contribution in [0.25, 0.3) is 0 Å². The lowest BCUT2D eigenvalue weighted by Gasteiger charge is -2.25. The number of nitro groups is 1. The largest absolute Gasteiger partial charge is 0.444 e. The second kappa shape index (κ2) is 8.93. The fourth-order valence-corrected chi connectivity index (χ4v) is 2.75. The van der Waals surface area contributed by atoms with Crippen LogP contribution in [0.4, 0.5) is 5.69 Å². The van der Waals surface area contributed by atoms with E-state index in [1.165, 1.54) is 18.2 Å². The molecule has 2 aromatic rings. The molecular weight excluding hydrogens is 348 g/mol. The van der Waals surface area contributed by atoms with Crippen molar-refractivity contribution in [2.45, 2.75) is 26.9 Å². The molecule has 0 aliphatic heterocycles. The van der Waals surface area contributed by atoms with Gasteiger partial charge in [-0.3, -0.25) is 14.9 Å². The van der Waals surface area contributed by atoms with Crippen LogP contribution in [0.5, 0.6) is 0 Å². The van der Waals surface area contributed by atoms with Crippen LogP contribution >= 0.6 is 0 Å². The van der Waals surface area contributed by atoms with Gasteiger partial charge in [0.2, 0.25) is 6.10 Å². The van der Waals surface area contributed by atoms with Crippen LogP contribution in [0.15, 0.2) is 48.5 Å². The molecule has 0 aromatic heterocycles. The number of nitro benzene ring substituents is 1. The van der Waals surface area contributed by atoms with Crippen LogP contribution in [-0.2, 0) is 9.53 Å². The number of likely N-dealkylation sites (N-methyl/N-ethyl adjacent to an activating group) is 1. The van der Waals surface area contributed by atoms with E-state index in [1.807, 2.05) is 19.9 Å². The van der Waals surface area contributed by atoms with E-state index < -0.39 is 17.0 Å². The molecule has 0 spiro atoms. The Morgan fingerprint density at radius 2 is 1.74 bits per heavy atom. The minimum absolute atomic E-state index is 0.0784. The van der Waals surface area contributed by atoms with E-state index in [0.717, 1.165) is 0 Å². The molecule has 0 unspecified atom stereocenters. The van der Waals surface area contributed by atoms with Gasteiger partial charge in [0.15, 0.2) is 0 Å². The summed E-state index contributed by atoms with van der Waals surface area (Å²) in [6.45, 7) is 6.24. The van der Waals surface area contributed by atoms with Crippen molar-refractivity contribution >= 4 is 17.6 Å². The highest BCUT2D eigenvalue weighted by Gasteiger charge is 2.29. The monoisotopic (exact) mass is 370 g/mol. The third-order valence-electron chi connectivity index (χ3n) is 4.26. The molecule has 7 nitrogen and oxygen atoms in total. The summed E-state index contributed by atoms with van der Waals surface area (Å²) in [5.41, 5.74) is 0.999. The van der Waals surface area contributed by atoms with Gasteiger partial charge in [-0.05, 0) is 32.9 Å². The second-order valence-corrected chi connectivity index (χ2v) is 5.96. The maximum Gasteiger partial charge on any atom is 0.339 e. The van der Waals surface area contributed by atoms with E-state index in [1.54, 1.807) is 36.1 Å². The Morgan fingerprint density at radius 3 is 2.26 bits per heavy atom.